The zero-order chi connectivity index (χ0) is 44.9. The fraction of sp³-hybridized carbons (Fsp3) is 0.260. The van der Waals surface area contributed by atoms with Crippen LogP contribution in [0.25, 0.3) is 32.8 Å². The summed E-state index contributed by atoms with van der Waals surface area (Å²) in [5, 5.41) is 17.1. The molecular weight excluding hydrogens is 872 g/mol. The van der Waals surface area contributed by atoms with Crippen LogP contribution in [-0.2, 0) is 26.2 Å². The van der Waals surface area contributed by atoms with E-state index in [0.29, 0.717) is 39.3 Å². The third-order valence-electron chi connectivity index (χ3n) is 13.8. The number of allylic oxidation sites excluding steroid dienone is 2. The lowest BCUT2D eigenvalue weighted by atomic mass is 9.51. The van der Waals surface area contributed by atoms with Gasteiger partial charge in [-0.1, -0.05) is 65.2 Å². The number of carbonyl (C=O) groups is 4. The number of rotatable bonds is 8. The number of aromatic nitrogens is 2. The van der Waals surface area contributed by atoms with Crippen LogP contribution in [0.1, 0.15) is 47.9 Å². The van der Waals surface area contributed by atoms with Crippen molar-refractivity contribution < 1.29 is 33.8 Å². The van der Waals surface area contributed by atoms with E-state index < -0.39 is 46.8 Å². The van der Waals surface area contributed by atoms with Gasteiger partial charge in [0.15, 0.2) is 0 Å². The lowest BCUT2D eigenvalue weighted by Gasteiger charge is -2.49. The summed E-state index contributed by atoms with van der Waals surface area (Å²) in [5.74, 6) is -3.46. The largest absolute Gasteiger partial charge is 0.508 e. The lowest BCUT2D eigenvalue weighted by molar-refractivity contribution is -0.131. The molecule has 0 unspecified atom stereocenters. The van der Waals surface area contributed by atoms with Gasteiger partial charge in [-0.25, -0.2) is 4.90 Å². The van der Waals surface area contributed by atoms with E-state index in [2.05, 4.69) is 0 Å². The highest BCUT2D eigenvalue weighted by atomic mass is 35.5. The maximum Gasteiger partial charge on any atom is 0.242 e. The summed E-state index contributed by atoms with van der Waals surface area (Å²) in [6.07, 6.45) is 6.24. The number of thiophene rings is 1. The van der Waals surface area contributed by atoms with Gasteiger partial charge in [0.2, 0.25) is 23.6 Å². The minimum Gasteiger partial charge on any atom is -0.508 e. The first-order valence-corrected chi connectivity index (χ1v) is 22.5. The molecule has 2 saturated heterocycles. The van der Waals surface area contributed by atoms with Gasteiger partial charge in [0.25, 0.3) is 0 Å². The van der Waals surface area contributed by atoms with Gasteiger partial charge in [0.1, 0.15) is 28.8 Å². The molecule has 2 aromatic heterocycles. The number of hydrogen-bond acceptors (Lipinski definition) is 9. The topological polar surface area (TPSA) is 131 Å². The number of aromatic hydroxyl groups is 1. The lowest BCUT2D eigenvalue weighted by Crippen LogP contribution is -2.49. The Morgan fingerprint density at radius 3 is 2.38 bits per heavy atom. The third-order valence-corrected chi connectivity index (χ3v) is 15.7. The second kappa shape index (κ2) is 15.5. The van der Waals surface area contributed by atoms with Gasteiger partial charge in [0, 0.05) is 39.3 Å². The van der Waals surface area contributed by atoms with E-state index in [-0.39, 0.29) is 35.4 Å². The summed E-state index contributed by atoms with van der Waals surface area (Å²) < 4.78 is 13.5. The first kappa shape index (κ1) is 41.8. The number of fused-ring (bicyclic) bond motifs is 5. The Kier molecular flexibility index (Phi) is 10.1. The average molecular weight is 914 g/mol. The van der Waals surface area contributed by atoms with Crippen molar-refractivity contribution >= 4 is 91.9 Å². The van der Waals surface area contributed by atoms with E-state index in [4.69, 9.17) is 37.8 Å². The van der Waals surface area contributed by atoms with E-state index in [0.717, 1.165) is 37.2 Å². The zero-order valence-electron chi connectivity index (χ0n) is 35.5. The number of hydrogen-bond donors (Lipinski definition) is 1. The number of ether oxygens (including phenoxy) is 2. The molecular formula is C50H42Cl2N4O7S. The van der Waals surface area contributed by atoms with E-state index in [1.54, 1.807) is 68.5 Å². The molecule has 11 nitrogen and oxygen atoms in total. The molecule has 64 heavy (non-hydrogen) atoms. The van der Waals surface area contributed by atoms with Crippen LogP contribution in [0.5, 0.6) is 17.2 Å². The Hall–Kier alpha value is -6.21. The van der Waals surface area contributed by atoms with Crippen LogP contribution in [0.3, 0.4) is 0 Å². The third kappa shape index (κ3) is 6.32. The average Bonchev–Trinajstić information content (AvgIpc) is 3.96. The molecule has 324 valence electrons. The van der Waals surface area contributed by atoms with Crippen molar-refractivity contribution in [2.24, 2.45) is 36.1 Å². The van der Waals surface area contributed by atoms with Gasteiger partial charge in [0.05, 0.1) is 48.0 Å². The first-order valence-electron chi connectivity index (χ1n) is 20.9. The van der Waals surface area contributed by atoms with Crippen molar-refractivity contribution in [3.8, 4) is 27.8 Å². The maximum absolute atomic E-state index is 15.2. The Morgan fingerprint density at radius 1 is 0.859 bits per heavy atom. The highest BCUT2D eigenvalue weighted by Crippen LogP contribution is 2.64. The van der Waals surface area contributed by atoms with Crippen LogP contribution in [0.4, 0.5) is 11.5 Å². The van der Waals surface area contributed by atoms with Crippen molar-refractivity contribution in [2.75, 3.05) is 24.0 Å². The number of amides is 4. The SMILES string of the molecule is COc1ccc(OC)c(C=Cc2ccc(N3C(=O)[C@H]4[C@H](CC=C5[C@H]4C[C@H]4C(=O)N(c6cc(-c7sc8ccc(Cl)cc8c7C)nn6C)C(=O)[C@@]4(C)[C@H]5c4ccc(O)cc4Cl)C3=O)cc2)c1. The number of phenols is 1. The van der Waals surface area contributed by atoms with E-state index >= 15 is 9.59 Å². The fourth-order valence-corrected chi connectivity index (χ4v) is 12.3. The predicted octanol–water partition coefficient (Wildman–Crippen LogP) is 10.2. The van der Waals surface area contributed by atoms with Crippen LogP contribution < -0.4 is 19.3 Å². The summed E-state index contributed by atoms with van der Waals surface area (Å²) >= 11 is 14.8. The van der Waals surface area contributed by atoms with Crippen molar-refractivity contribution in [2.45, 2.75) is 32.6 Å². The van der Waals surface area contributed by atoms with Gasteiger partial charge in [-0.3, -0.25) is 28.8 Å². The fourth-order valence-electron chi connectivity index (χ4n) is 10.7. The predicted molar refractivity (Wildman–Crippen MR) is 249 cm³/mol. The molecule has 1 N–H and O–H groups in total. The molecule has 0 radical (unpaired) electrons. The number of carbonyl (C=O) groups excluding carboxylic acids is 4. The number of nitrogens with zero attached hydrogens (tertiary/aromatic N) is 4. The zero-order valence-corrected chi connectivity index (χ0v) is 37.8. The van der Waals surface area contributed by atoms with Gasteiger partial charge in [-0.2, -0.15) is 5.10 Å². The first-order chi connectivity index (χ1) is 30.7. The van der Waals surface area contributed by atoms with E-state index in [1.807, 2.05) is 73.7 Å². The van der Waals surface area contributed by atoms with E-state index in [1.165, 1.54) is 21.9 Å². The van der Waals surface area contributed by atoms with Gasteiger partial charge < -0.3 is 14.6 Å². The molecule has 4 aliphatic rings. The normalized spacial score (nSPS) is 24.1. The summed E-state index contributed by atoms with van der Waals surface area (Å²) in [6, 6.07) is 24.9. The minimum atomic E-state index is -1.34. The highest BCUT2D eigenvalue weighted by Gasteiger charge is 2.68. The molecule has 10 rings (SSSR count). The molecule has 1 saturated carbocycles. The monoisotopic (exact) mass is 912 g/mol. The molecule has 3 fully saturated rings. The van der Waals surface area contributed by atoms with Crippen molar-refractivity contribution in [1.29, 1.82) is 0 Å². The molecule has 4 aromatic carbocycles. The molecule has 6 aromatic rings. The van der Waals surface area contributed by atoms with Crippen LogP contribution >= 0.6 is 34.5 Å². The maximum atomic E-state index is 15.2. The summed E-state index contributed by atoms with van der Waals surface area (Å²) in [7, 11) is 4.92. The highest BCUT2D eigenvalue weighted by molar-refractivity contribution is 7.22. The molecule has 4 heterocycles. The number of phenolic OH excluding ortho intramolecular Hbond substituents is 1. The molecule has 4 amide bonds. The van der Waals surface area contributed by atoms with Crippen LogP contribution in [0, 0.1) is 36.0 Å². The van der Waals surface area contributed by atoms with Crippen molar-refractivity contribution in [3.05, 3.63) is 129 Å². The van der Waals surface area contributed by atoms with Crippen LogP contribution in [0.15, 0.2) is 96.6 Å². The second-order valence-corrected chi connectivity index (χ2v) is 19.0. The number of anilines is 2. The van der Waals surface area contributed by atoms with Gasteiger partial charge in [-0.15, -0.1) is 11.3 Å². The summed E-state index contributed by atoms with van der Waals surface area (Å²) in [5.41, 5.74) is 3.71. The quantitative estimate of drug-likeness (QED) is 0.0907. The summed E-state index contributed by atoms with van der Waals surface area (Å²) in [6.45, 7) is 3.81. The molecule has 0 bridgehead atoms. The summed E-state index contributed by atoms with van der Waals surface area (Å²) in [4.78, 5) is 62.8. The van der Waals surface area contributed by atoms with Crippen molar-refractivity contribution in [3.63, 3.8) is 0 Å². The smallest absolute Gasteiger partial charge is 0.242 e. The Labute approximate surface area is 383 Å². The number of imide groups is 2. The van der Waals surface area contributed by atoms with Gasteiger partial charge in [-0.05, 0) is 115 Å². The minimum absolute atomic E-state index is 0.0501. The molecule has 14 heteroatoms. The molecule has 2 aliphatic carbocycles. The molecule has 2 aliphatic heterocycles. The molecule has 0 spiro atoms. The van der Waals surface area contributed by atoms with Crippen molar-refractivity contribution in [1.82, 2.24) is 9.78 Å². The number of methoxy groups -OCH3 is 2. The van der Waals surface area contributed by atoms with Gasteiger partial charge >= 0.3 is 0 Å². The Bertz CT molecular complexity index is 3050. The second-order valence-electron chi connectivity index (χ2n) is 17.1. The van der Waals surface area contributed by atoms with Crippen LogP contribution in [-0.4, -0.2) is 52.7 Å². The Morgan fingerprint density at radius 2 is 1.64 bits per heavy atom. The van der Waals surface area contributed by atoms with E-state index in [9.17, 15) is 14.7 Å². The molecule has 6 atom stereocenters. The number of benzene rings is 4. The standard InChI is InChI=1S/C50H42Cl2N4O7S/c1-25-35-21-28(51)10-19-41(35)64-45(25)39-24-42(54(3)53-39)56-47(59)37-23-36-32(44(50(37,2)49(56)61)33-15-13-30(57)22-38(33)52)16-17-34-43(36)48(60)55(46(34)58)29-11-7-26(8-12-29)6-9-27-20-31(62-4)14-18-40(27)63-5/h6-16,18-22,24,34,36-37,43-44,57H,17,23H2,1-5H3/t34-,36+,37-,43-,44+,50+/m0/s1. The number of aryl methyl sites for hydroxylation is 2. The number of halogens is 2. The van der Waals surface area contributed by atoms with Crippen LogP contribution in [0.2, 0.25) is 10.0 Å². The Balaban J connectivity index is 0.996.